The van der Waals surface area contributed by atoms with E-state index in [1.54, 1.807) is 11.9 Å². The maximum Gasteiger partial charge on any atom is 0.244 e. The highest BCUT2D eigenvalue weighted by Gasteiger charge is 2.19. The van der Waals surface area contributed by atoms with Crippen molar-refractivity contribution in [1.82, 2.24) is 9.27 Å². The molecule has 3 N–H and O–H groups in total. The van der Waals surface area contributed by atoms with Gasteiger partial charge in [-0.15, -0.1) is 11.8 Å². The van der Waals surface area contributed by atoms with Gasteiger partial charge in [0, 0.05) is 13.6 Å². The van der Waals surface area contributed by atoms with Crippen molar-refractivity contribution >= 4 is 40.0 Å². The number of nitrogen functional groups attached to an aromatic ring is 1. The number of hydrogen-bond acceptors (Lipinski definition) is 6. The van der Waals surface area contributed by atoms with E-state index in [1.807, 2.05) is 20.1 Å². The lowest BCUT2D eigenvalue weighted by Crippen LogP contribution is -2.38. The van der Waals surface area contributed by atoms with Gasteiger partial charge in [0.15, 0.2) is 5.82 Å². The van der Waals surface area contributed by atoms with Crippen LogP contribution in [0.1, 0.15) is 13.8 Å². The van der Waals surface area contributed by atoms with Crippen LogP contribution in [0.2, 0.25) is 0 Å². The quantitative estimate of drug-likeness (QED) is 0.800. The van der Waals surface area contributed by atoms with Crippen LogP contribution in [-0.4, -0.2) is 41.1 Å². The Balaban J connectivity index is 2.74. The Morgan fingerprint density at radius 2 is 2.35 bits per heavy atom. The summed E-state index contributed by atoms with van der Waals surface area (Å²) in [6.07, 6.45) is 1.94. The number of nitrogens with one attached hydrogen (secondary N) is 1. The van der Waals surface area contributed by atoms with Crippen LogP contribution >= 0.6 is 23.3 Å². The van der Waals surface area contributed by atoms with Crippen molar-refractivity contribution < 1.29 is 4.79 Å². The number of thioether (sulfide) groups is 1. The lowest BCUT2D eigenvalue weighted by atomic mass is 10.3. The molecule has 1 aromatic heterocycles. The number of rotatable bonds is 5. The number of hydrogen-bond donors (Lipinski definition) is 2. The highest BCUT2D eigenvalue weighted by molar-refractivity contribution is 7.99. The van der Waals surface area contributed by atoms with Gasteiger partial charge in [-0.2, -0.15) is 4.37 Å². The molecule has 0 aliphatic carbocycles. The van der Waals surface area contributed by atoms with Crippen LogP contribution in [0.4, 0.5) is 10.8 Å². The molecular weight excluding hydrogens is 256 g/mol. The molecule has 0 aliphatic heterocycles. The van der Waals surface area contributed by atoms with Gasteiger partial charge in [0.05, 0.1) is 4.90 Å². The molecule has 1 heterocycles. The van der Waals surface area contributed by atoms with Crippen molar-refractivity contribution in [3.8, 4) is 0 Å². The van der Waals surface area contributed by atoms with Gasteiger partial charge < -0.3 is 16.0 Å². The number of aromatic nitrogens is 1. The van der Waals surface area contributed by atoms with Crippen LogP contribution in [0.5, 0.6) is 0 Å². The average Bonchev–Trinajstić information content (AvgIpc) is 2.67. The summed E-state index contributed by atoms with van der Waals surface area (Å²) in [5, 5.41) is 4.02. The first-order chi connectivity index (χ1) is 8.01. The molecule has 96 valence electrons. The molecule has 1 aromatic rings. The van der Waals surface area contributed by atoms with Gasteiger partial charge in [-0.3, -0.25) is 4.79 Å². The molecular formula is C10H18N4OS2. The van der Waals surface area contributed by atoms with Crippen LogP contribution in [0.15, 0.2) is 4.90 Å². The van der Waals surface area contributed by atoms with E-state index in [1.165, 1.54) is 23.3 Å². The third-order valence-electron chi connectivity index (χ3n) is 2.45. The van der Waals surface area contributed by atoms with Crippen molar-refractivity contribution in [1.29, 1.82) is 0 Å². The van der Waals surface area contributed by atoms with E-state index < -0.39 is 0 Å². The second-order valence-corrected chi connectivity index (χ2v) is 5.24. The minimum atomic E-state index is -0.273. The molecule has 0 radical (unpaired) electrons. The third kappa shape index (κ3) is 3.26. The smallest absolute Gasteiger partial charge is 0.244 e. The summed E-state index contributed by atoms with van der Waals surface area (Å²) in [5.41, 5.74) is 5.73. The van der Waals surface area contributed by atoms with Gasteiger partial charge in [-0.1, -0.05) is 0 Å². The predicted octanol–water partition coefficient (Wildman–Crippen LogP) is 1.73. The summed E-state index contributed by atoms with van der Waals surface area (Å²) in [5.74, 6) is 0.583. The summed E-state index contributed by atoms with van der Waals surface area (Å²) in [6.45, 7) is 4.49. The van der Waals surface area contributed by atoms with E-state index in [-0.39, 0.29) is 11.9 Å². The summed E-state index contributed by atoms with van der Waals surface area (Å²) in [4.78, 5) is 14.5. The van der Waals surface area contributed by atoms with E-state index in [9.17, 15) is 4.79 Å². The second kappa shape index (κ2) is 6.11. The number of carbonyl (C=O) groups excluding carboxylic acids is 1. The zero-order valence-corrected chi connectivity index (χ0v) is 12.1. The average molecular weight is 274 g/mol. The predicted molar refractivity (Wildman–Crippen MR) is 74.7 cm³/mol. The van der Waals surface area contributed by atoms with Gasteiger partial charge >= 0.3 is 0 Å². The summed E-state index contributed by atoms with van der Waals surface area (Å²) >= 11 is 2.82. The van der Waals surface area contributed by atoms with Crippen molar-refractivity contribution in [3.05, 3.63) is 0 Å². The Morgan fingerprint density at radius 3 is 2.88 bits per heavy atom. The Hall–Kier alpha value is -0.950. The Morgan fingerprint density at radius 1 is 1.71 bits per heavy atom. The molecule has 1 amide bonds. The van der Waals surface area contributed by atoms with Crippen LogP contribution in [0, 0.1) is 0 Å². The largest absolute Gasteiger partial charge is 0.382 e. The molecule has 0 bridgehead atoms. The monoisotopic (exact) mass is 274 g/mol. The molecule has 5 nitrogen and oxygen atoms in total. The fourth-order valence-electron chi connectivity index (χ4n) is 1.33. The lowest BCUT2D eigenvalue weighted by Gasteiger charge is -2.20. The third-order valence-corrected chi connectivity index (χ3v) is 4.19. The summed E-state index contributed by atoms with van der Waals surface area (Å²) in [6, 6.07) is -0.273. The standard InChI is InChI=1S/C10H18N4OS2/c1-5-14(3)10(15)6(2)12-9-7(16-4)8(11)13-17-9/h6,12H,5H2,1-4H3,(H2,11,13). The number of amides is 1. The Kier molecular flexibility index (Phi) is 5.07. The number of nitrogens with two attached hydrogens (primary N) is 1. The Bertz CT molecular complexity index is 394. The topological polar surface area (TPSA) is 71.2 Å². The lowest BCUT2D eigenvalue weighted by molar-refractivity contribution is -0.130. The van der Waals surface area contributed by atoms with E-state index in [2.05, 4.69) is 9.69 Å². The van der Waals surface area contributed by atoms with E-state index in [4.69, 9.17) is 5.73 Å². The Labute approximate surface area is 110 Å². The van der Waals surface area contributed by atoms with Crippen LogP contribution in [0.25, 0.3) is 0 Å². The molecule has 1 unspecified atom stereocenters. The molecule has 0 saturated carbocycles. The van der Waals surface area contributed by atoms with Crippen LogP contribution in [0.3, 0.4) is 0 Å². The van der Waals surface area contributed by atoms with Crippen LogP contribution in [-0.2, 0) is 4.79 Å². The van der Waals surface area contributed by atoms with E-state index in [0.29, 0.717) is 12.4 Å². The normalized spacial score (nSPS) is 12.2. The molecule has 0 saturated heterocycles. The molecule has 7 heteroatoms. The maximum absolute atomic E-state index is 11.9. The highest BCUT2D eigenvalue weighted by atomic mass is 32.2. The molecule has 0 fully saturated rings. The van der Waals surface area contributed by atoms with Crippen LogP contribution < -0.4 is 11.1 Å². The van der Waals surface area contributed by atoms with E-state index >= 15 is 0 Å². The number of carbonyl (C=O) groups is 1. The molecule has 1 atom stereocenters. The van der Waals surface area contributed by atoms with Gasteiger partial charge in [-0.05, 0) is 31.6 Å². The second-order valence-electron chi connectivity index (χ2n) is 3.65. The van der Waals surface area contributed by atoms with Crippen molar-refractivity contribution in [2.24, 2.45) is 0 Å². The minimum absolute atomic E-state index is 0.0616. The first kappa shape index (κ1) is 14.1. The summed E-state index contributed by atoms with van der Waals surface area (Å²) in [7, 11) is 1.79. The number of nitrogens with zero attached hydrogens (tertiary/aromatic N) is 2. The zero-order valence-electron chi connectivity index (χ0n) is 10.5. The molecule has 0 aromatic carbocycles. The fraction of sp³-hybridized carbons (Fsp3) is 0.600. The zero-order chi connectivity index (χ0) is 13.0. The number of anilines is 2. The molecule has 0 spiro atoms. The number of likely N-dealkylation sites (N-methyl/N-ethyl adjacent to an activating group) is 1. The van der Waals surface area contributed by atoms with Gasteiger partial charge in [0.1, 0.15) is 11.0 Å². The van der Waals surface area contributed by atoms with Crippen molar-refractivity contribution in [2.75, 3.05) is 30.9 Å². The van der Waals surface area contributed by atoms with E-state index in [0.717, 1.165) is 9.90 Å². The SMILES string of the molecule is CCN(C)C(=O)C(C)Nc1snc(N)c1SC. The van der Waals surface area contributed by atoms with Gasteiger partial charge in [0.25, 0.3) is 0 Å². The molecule has 0 aliphatic rings. The van der Waals surface area contributed by atoms with Crippen molar-refractivity contribution in [2.45, 2.75) is 24.8 Å². The minimum Gasteiger partial charge on any atom is -0.382 e. The van der Waals surface area contributed by atoms with Crippen molar-refractivity contribution in [3.63, 3.8) is 0 Å². The van der Waals surface area contributed by atoms with Gasteiger partial charge in [0.2, 0.25) is 5.91 Å². The fourth-order valence-corrected chi connectivity index (χ4v) is 2.94. The molecule has 17 heavy (non-hydrogen) atoms. The maximum atomic E-state index is 11.9. The first-order valence-electron chi connectivity index (χ1n) is 5.31. The highest BCUT2D eigenvalue weighted by Crippen LogP contribution is 2.34. The summed E-state index contributed by atoms with van der Waals surface area (Å²) < 4.78 is 4.08. The first-order valence-corrected chi connectivity index (χ1v) is 7.31. The van der Waals surface area contributed by atoms with Gasteiger partial charge in [-0.25, -0.2) is 0 Å². The molecule has 1 rings (SSSR count).